The summed E-state index contributed by atoms with van der Waals surface area (Å²) >= 11 is 8.78. The Kier molecular flexibility index (Phi) is 8.09. The van der Waals surface area contributed by atoms with E-state index in [0.717, 1.165) is 35.7 Å². The summed E-state index contributed by atoms with van der Waals surface area (Å²) in [4.78, 5) is 36.1. The molecule has 0 spiro atoms. The van der Waals surface area contributed by atoms with Gasteiger partial charge in [-0.2, -0.15) is 0 Å². The third-order valence-electron chi connectivity index (χ3n) is 6.47. The second-order valence-corrected chi connectivity index (χ2v) is 11.8. The maximum Gasteiger partial charge on any atom is 0.267 e. The molecule has 1 amide bonds. The van der Waals surface area contributed by atoms with Gasteiger partial charge < -0.3 is 10.1 Å². The lowest BCUT2D eigenvalue weighted by Crippen LogP contribution is -2.35. The van der Waals surface area contributed by atoms with Crippen molar-refractivity contribution >= 4 is 56.5 Å². The van der Waals surface area contributed by atoms with E-state index in [-0.39, 0.29) is 17.2 Å². The number of halogens is 1. The van der Waals surface area contributed by atoms with Crippen LogP contribution in [0.5, 0.6) is 5.75 Å². The van der Waals surface area contributed by atoms with Gasteiger partial charge in [-0.25, -0.2) is 4.98 Å². The summed E-state index contributed by atoms with van der Waals surface area (Å²) in [5, 5.41) is 4.65. The Morgan fingerprint density at radius 2 is 1.92 bits per heavy atom. The Labute approximate surface area is 234 Å². The van der Waals surface area contributed by atoms with E-state index >= 15 is 0 Å². The minimum absolute atomic E-state index is 0.101. The van der Waals surface area contributed by atoms with Gasteiger partial charge in [0.1, 0.15) is 10.6 Å². The predicted molar refractivity (Wildman–Crippen MR) is 156 cm³/mol. The lowest BCUT2D eigenvalue weighted by atomic mass is 10.0. The first-order chi connectivity index (χ1) is 18.3. The van der Waals surface area contributed by atoms with Crippen LogP contribution in [0.15, 0.2) is 58.5 Å². The minimum atomic E-state index is -0.192. The Morgan fingerprint density at radius 3 is 2.61 bits per heavy atom. The second kappa shape index (κ2) is 11.5. The van der Waals surface area contributed by atoms with Crippen molar-refractivity contribution in [1.82, 2.24) is 14.5 Å². The van der Waals surface area contributed by atoms with Crippen molar-refractivity contribution < 1.29 is 9.53 Å². The summed E-state index contributed by atoms with van der Waals surface area (Å²) in [6.07, 6.45) is 0.823. The highest BCUT2D eigenvalue weighted by Crippen LogP contribution is 2.35. The van der Waals surface area contributed by atoms with E-state index in [9.17, 15) is 9.59 Å². The third-order valence-corrected chi connectivity index (χ3v) is 8.77. The van der Waals surface area contributed by atoms with Gasteiger partial charge in [0.05, 0.1) is 23.4 Å². The van der Waals surface area contributed by atoms with Gasteiger partial charge in [0, 0.05) is 34.7 Å². The van der Waals surface area contributed by atoms with E-state index in [1.807, 2.05) is 31.2 Å². The zero-order chi connectivity index (χ0) is 26.8. The molecule has 0 saturated carbocycles. The van der Waals surface area contributed by atoms with Gasteiger partial charge in [0.15, 0.2) is 5.16 Å². The molecule has 198 valence electrons. The second-order valence-electron chi connectivity index (χ2n) is 9.30. The topological polar surface area (TPSA) is 76.5 Å². The van der Waals surface area contributed by atoms with Crippen molar-refractivity contribution in [2.45, 2.75) is 44.9 Å². The fourth-order valence-electron chi connectivity index (χ4n) is 4.53. The molecule has 0 atom stereocenters. The number of benzene rings is 2. The minimum Gasteiger partial charge on any atom is -0.494 e. The molecule has 3 heterocycles. The molecule has 0 aliphatic carbocycles. The molecule has 0 fully saturated rings. The Hall–Kier alpha value is -2.85. The first-order valence-electron chi connectivity index (χ1n) is 12.6. The molecule has 1 aliphatic heterocycles. The molecule has 0 bridgehead atoms. The number of aromatic nitrogens is 2. The molecule has 1 aliphatic rings. The molecule has 0 unspecified atom stereocenters. The molecular weight excluding hydrogens is 540 g/mol. The van der Waals surface area contributed by atoms with Crippen LogP contribution in [0, 0.1) is 0 Å². The summed E-state index contributed by atoms with van der Waals surface area (Å²) in [6.45, 7) is 8.62. The molecule has 7 nitrogen and oxygen atoms in total. The molecule has 0 saturated heterocycles. The SMILES string of the molecule is CCOc1ccc(-n2c(SCC(=O)Nc3ccc(Cl)cc3)nc3sc4c(c3c2=O)CCN(C(C)C)C4)cc1. The number of carbonyl (C=O) groups is 1. The number of thioether (sulfide) groups is 1. The molecule has 0 radical (unpaired) electrons. The third kappa shape index (κ3) is 5.61. The van der Waals surface area contributed by atoms with Crippen molar-refractivity contribution in [3.8, 4) is 11.4 Å². The number of hydrogen-bond donors (Lipinski definition) is 1. The smallest absolute Gasteiger partial charge is 0.267 e. The number of ether oxygens (including phenoxy) is 1. The first-order valence-corrected chi connectivity index (χ1v) is 14.7. The Morgan fingerprint density at radius 1 is 1.18 bits per heavy atom. The first kappa shape index (κ1) is 26.7. The van der Waals surface area contributed by atoms with Crippen LogP contribution in [0.1, 0.15) is 31.2 Å². The van der Waals surface area contributed by atoms with Crippen LogP contribution in [0.4, 0.5) is 5.69 Å². The Balaban J connectivity index is 1.51. The van der Waals surface area contributed by atoms with Crippen molar-refractivity contribution in [3.05, 3.63) is 74.3 Å². The number of thiophene rings is 1. The average molecular weight is 569 g/mol. The lowest BCUT2D eigenvalue weighted by Gasteiger charge is -2.30. The van der Waals surface area contributed by atoms with Gasteiger partial charge >= 0.3 is 0 Å². The zero-order valence-corrected chi connectivity index (χ0v) is 23.9. The fraction of sp³-hybridized carbons (Fsp3) is 0.321. The largest absolute Gasteiger partial charge is 0.494 e. The summed E-state index contributed by atoms with van der Waals surface area (Å²) < 4.78 is 7.21. The van der Waals surface area contributed by atoms with E-state index in [1.54, 1.807) is 40.2 Å². The molecular formula is C28H29ClN4O3S2. The normalized spacial score (nSPS) is 13.6. The highest BCUT2D eigenvalue weighted by molar-refractivity contribution is 7.99. The van der Waals surface area contributed by atoms with Crippen LogP contribution >= 0.6 is 34.7 Å². The highest BCUT2D eigenvalue weighted by atomic mass is 35.5. The van der Waals surface area contributed by atoms with Crippen molar-refractivity contribution in [3.63, 3.8) is 0 Å². The van der Waals surface area contributed by atoms with E-state index in [4.69, 9.17) is 21.3 Å². The van der Waals surface area contributed by atoms with E-state index in [1.165, 1.54) is 16.6 Å². The number of nitrogens with zero attached hydrogens (tertiary/aromatic N) is 3. The van der Waals surface area contributed by atoms with Crippen LogP contribution in [-0.2, 0) is 17.8 Å². The summed E-state index contributed by atoms with van der Waals surface area (Å²) in [5.74, 6) is 0.642. The number of carbonyl (C=O) groups excluding carboxylic acids is 1. The van der Waals surface area contributed by atoms with Crippen molar-refractivity contribution in [1.29, 1.82) is 0 Å². The molecule has 1 N–H and O–H groups in total. The quantitative estimate of drug-likeness (QED) is 0.208. The number of nitrogens with one attached hydrogen (secondary N) is 1. The number of fused-ring (bicyclic) bond motifs is 3. The van der Waals surface area contributed by atoms with Crippen LogP contribution in [-0.4, -0.2) is 45.3 Å². The zero-order valence-electron chi connectivity index (χ0n) is 21.5. The fourth-order valence-corrected chi connectivity index (χ4v) is 6.75. The molecule has 2 aromatic heterocycles. The standard InChI is InChI=1S/C28H29ClN4O3S2/c1-4-36-21-11-9-20(10-12-21)33-27(35)25-22-13-14-32(17(2)3)15-23(22)38-26(25)31-28(33)37-16-24(34)30-19-7-5-18(29)6-8-19/h5-12,17H,4,13-16H2,1-3H3,(H,30,34). The Bertz CT molecular complexity index is 1510. The van der Waals surface area contributed by atoms with Crippen molar-refractivity contribution in [2.24, 2.45) is 0 Å². The highest BCUT2D eigenvalue weighted by Gasteiger charge is 2.26. The van der Waals surface area contributed by atoms with Gasteiger partial charge in [0.25, 0.3) is 5.56 Å². The lowest BCUT2D eigenvalue weighted by molar-refractivity contribution is -0.113. The van der Waals surface area contributed by atoms with E-state index in [0.29, 0.717) is 39.6 Å². The van der Waals surface area contributed by atoms with E-state index < -0.39 is 0 Å². The summed E-state index contributed by atoms with van der Waals surface area (Å²) in [6, 6.07) is 14.8. The number of hydrogen-bond acceptors (Lipinski definition) is 7. The molecule has 10 heteroatoms. The summed E-state index contributed by atoms with van der Waals surface area (Å²) in [5.41, 5.74) is 2.35. The monoisotopic (exact) mass is 568 g/mol. The van der Waals surface area contributed by atoms with Gasteiger partial charge in [0.2, 0.25) is 5.91 Å². The summed E-state index contributed by atoms with van der Waals surface area (Å²) in [7, 11) is 0. The van der Waals surface area contributed by atoms with Gasteiger partial charge in [-0.3, -0.25) is 19.1 Å². The molecule has 5 rings (SSSR count). The maximum absolute atomic E-state index is 14.0. The molecule has 2 aromatic carbocycles. The van der Waals surface area contributed by atoms with Gasteiger partial charge in [-0.15, -0.1) is 11.3 Å². The van der Waals surface area contributed by atoms with Crippen LogP contribution in [0.3, 0.4) is 0 Å². The average Bonchev–Trinajstić information content (AvgIpc) is 3.27. The number of amides is 1. The van der Waals surface area contributed by atoms with Gasteiger partial charge in [-0.05, 0) is 81.3 Å². The van der Waals surface area contributed by atoms with Crippen LogP contribution in [0.25, 0.3) is 15.9 Å². The van der Waals surface area contributed by atoms with Gasteiger partial charge in [-0.1, -0.05) is 23.4 Å². The molecule has 38 heavy (non-hydrogen) atoms. The predicted octanol–water partition coefficient (Wildman–Crippen LogP) is 6.00. The molecule has 4 aromatic rings. The van der Waals surface area contributed by atoms with E-state index in [2.05, 4.69) is 24.1 Å². The number of anilines is 1. The number of rotatable bonds is 8. The van der Waals surface area contributed by atoms with Crippen molar-refractivity contribution in [2.75, 3.05) is 24.2 Å². The van der Waals surface area contributed by atoms with Crippen LogP contribution < -0.4 is 15.6 Å². The maximum atomic E-state index is 14.0. The van der Waals surface area contributed by atoms with Crippen LogP contribution in [0.2, 0.25) is 5.02 Å².